The van der Waals surface area contributed by atoms with Gasteiger partial charge < -0.3 is 19.6 Å². The number of hydrogen-bond donors (Lipinski definition) is 2. The zero-order valence-electron chi connectivity index (χ0n) is 22.3. The Bertz CT molecular complexity index is 1350. The molecule has 4 aromatic rings. The molecule has 0 unspecified atom stereocenters. The van der Waals surface area contributed by atoms with Crippen molar-refractivity contribution in [1.29, 1.82) is 0 Å². The Hall–Kier alpha value is -3.61. The minimum Gasteiger partial charge on any atom is -0.444 e. The van der Waals surface area contributed by atoms with Gasteiger partial charge in [0.05, 0.1) is 0 Å². The number of hydrogen-bond acceptors (Lipinski definition) is 5. The number of fused-ring (bicyclic) bond motifs is 1. The van der Waals surface area contributed by atoms with Crippen molar-refractivity contribution in [2.45, 2.75) is 66.9 Å². The van der Waals surface area contributed by atoms with Crippen molar-refractivity contribution in [3.8, 4) is 22.6 Å². The van der Waals surface area contributed by atoms with Gasteiger partial charge in [-0.15, -0.1) is 0 Å². The van der Waals surface area contributed by atoms with Gasteiger partial charge in [0, 0.05) is 35.1 Å². The molecule has 0 bridgehead atoms. The molecule has 0 aliphatic carbocycles. The quantitative estimate of drug-likeness (QED) is 0.299. The predicted molar refractivity (Wildman–Crippen MR) is 143 cm³/mol. The summed E-state index contributed by atoms with van der Waals surface area (Å²) in [5, 5.41) is 8.18. The number of aryl methyl sites for hydroxylation is 2. The van der Waals surface area contributed by atoms with Gasteiger partial charge in [-0.25, -0.2) is 4.79 Å². The number of carbonyl (C=O) groups excluding carboxylic acids is 1. The number of nitrogens with one attached hydrogen (secondary N) is 2. The third kappa shape index (κ3) is 6.14. The molecule has 0 spiro atoms. The second-order valence-electron chi connectivity index (χ2n) is 10.9. The van der Waals surface area contributed by atoms with Crippen molar-refractivity contribution in [2.24, 2.45) is 5.92 Å². The van der Waals surface area contributed by atoms with Crippen LogP contribution in [0.25, 0.3) is 33.5 Å². The van der Waals surface area contributed by atoms with Crippen LogP contribution in [0.1, 0.15) is 57.2 Å². The first-order valence-electron chi connectivity index (χ1n) is 12.5. The van der Waals surface area contributed by atoms with Crippen molar-refractivity contribution >= 4 is 17.0 Å². The SMILES string of the molecule is Cc1cc(C)cc(-c2[nH]c3ccc(-c4noc(CC(C)C)n4)cc3c2CCNC(=O)OC(C)(C)C)c1. The van der Waals surface area contributed by atoms with Gasteiger partial charge in [-0.05, 0) is 88.4 Å². The van der Waals surface area contributed by atoms with E-state index in [1.54, 1.807) is 0 Å². The third-order valence-electron chi connectivity index (χ3n) is 5.77. The zero-order chi connectivity index (χ0) is 26.0. The summed E-state index contributed by atoms with van der Waals surface area (Å²) in [6.45, 7) is 14.5. The normalized spacial score (nSPS) is 11.9. The number of rotatable bonds is 7. The van der Waals surface area contributed by atoms with E-state index in [1.807, 2.05) is 26.8 Å². The average Bonchev–Trinajstić information content (AvgIpc) is 3.36. The first kappa shape index (κ1) is 25.5. The lowest BCUT2D eigenvalue weighted by atomic mass is 9.99. The van der Waals surface area contributed by atoms with E-state index in [9.17, 15) is 4.79 Å². The number of benzene rings is 2. The maximum Gasteiger partial charge on any atom is 0.407 e. The highest BCUT2D eigenvalue weighted by Crippen LogP contribution is 2.34. The molecule has 0 atom stereocenters. The van der Waals surface area contributed by atoms with E-state index in [-0.39, 0.29) is 0 Å². The zero-order valence-corrected chi connectivity index (χ0v) is 22.3. The lowest BCUT2D eigenvalue weighted by Gasteiger charge is -2.19. The summed E-state index contributed by atoms with van der Waals surface area (Å²) in [4.78, 5) is 20.5. The standard InChI is InChI=1S/C29H36N4O3/c1-17(2)12-25-32-27(33-36-25)20-8-9-24-23(16-20)22(10-11-30-28(34)35-29(5,6)7)26(31-24)21-14-18(3)13-19(4)15-21/h8-9,13-17,31H,10-12H2,1-7H3,(H,30,34). The van der Waals surface area contributed by atoms with Gasteiger partial charge in [0.15, 0.2) is 0 Å². The number of aromatic amines is 1. The Balaban J connectivity index is 1.71. The Kier molecular flexibility index (Phi) is 7.20. The van der Waals surface area contributed by atoms with E-state index in [4.69, 9.17) is 9.26 Å². The fourth-order valence-corrected chi connectivity index (χ4v) is 4.42. The van der Waals surface area contributed by atoms with Crippen LogP contribution < -0.4 is 5.32 Å². The van der Waals surface area contributed by atoms with Gasteiger partial charge in [-0.1, -0.05) is 36.2 Å². The number of aromatic nitrogens is 3. The predicted octanol–water partition coefficient (Wildman–Crippen LogP) is 6.77. The van der Waals surface area contributed by atoms with Crippen LogP contribution in [0.5, 0.6) is 0 Å². The Labute approximate surface area is 212 Å². The maximum atomic E-state index is 12.2. The highest BCUT2D eigenvalue weighted by molar-refractivity contribution is 5.93. The van der Waals surface area contributed by atoms with Gasteiger partial charge in [-0.2, -0.15) is 4.98 Å². The first-order valence-corrected chi connectivity index (χ1v) is 12.5. The van der Waals surface area contributed by atoms with E-state index in [1.165, 1.54) is 11.1 Å². The van der Waals surface area contributed by atoms with Crippen LogP contribution in [0.15, 0.2) is 40.9 Å². The smallest absolute Gasteiger partial charge is 0.407 e. The van der Waals surface area contributed by atoms with Crippen LogP contribution in [0, 0.1) is 19.8 Å². The summed E-state index contributed by atoms with van der Waals surface area (Å²) in [6.07, 6.45) is 0.966. The largest absolute Gasteiger partial charge is 0.444 e. The number of carbonyl (C=O) groups is 1. The Morgan fingerprint density at radius 3 is 2.47 bits per heavy atom. The van der Waals surface area contributed by atoms with Crippen LogP contribution in [-0.4, -0.2) is 33.4 Å². The minimum atomic E-state index is -0.539. The summed E-state index contributed by atoms with van der Waals surface area (Å²) in [5.41, 5.74) is 7.07. The van der Waals surface area contributed by atoms with Crippen LogP contribution in [-0.2, 0) is 17.6 Å². The number of ether oxygens (including phenoxy) is 1. The fraction of sp³-hybridized carbons (Fsp3) is 0.414. The van der Waals surface area contributed by atoms with Crippen molar-refractivity contribution in [3.05, 3.63) is 59.0 Å². The number of alkyl carbamates (subject to hydrolysis) is 1. The van der Waals surface area contributed by atoms with Crippen molar-refractivity contribution < 1.29 is 14.1 Å². The lowest BCUT2D eigenvalue weighted by Crippen LogP contribution is -2.33. The highest BCUT2D eigenvalue weighted by Gasteiger charge is 2.19. The molecule has 2 aromatic heterocycles. The molecule has 0 saturated heterocycles. The molecule has 7 nitrogen and oxygen atoms in total. The van der Waals surface area contributed by atoms with Gasteiger partial charge in [0.25, 0.3) is 0 Å². The minimum absolute atomic E-state index is 0.416. The molecule has 1 amide bonds. The molecule has 2 N–H and O–H groups in total. The van der Waals surface area contributed by atoms with Crippen LogP contribution in [0.3, 0.4) is 0 Å². The lowest BCUT2D eigenvalue weighted by molar-refractivity contribution is 0.0528. The summed E-state index contributed by atoms with van der Waals surface area (Å²) in [5.74, 6) is 1.67. The van der Waals surface area contributed by atoms with Crippen molar-refractivity contribution in [3.63, 3.8) is 0 Å². The summed E-state index contributed by atoms with van der Waals surface area (Å²) < 4.78 is 10.9. The highest BCUT2D eigenvalue weighted by atomic mass is 16.6. The Morgan fingerprint density at radius 2 is 1.81 bits per heavy atom. The van der Waals surface area contributed by atoms with Gasteiger partial charge in [-0.3, -0.25) is 0 Å². The summed E-state index contributed by atoms with van der Waals surface area (Å²) in [7, 11) is 0. The topological polar surface area (TPSA) is 93.0 Å². The average molecular weight is 489 g/mol. The van der Waals surface area contributed by atoms with Crippen LogP contribution >= 0.6 is 0 Å². The number of H-pyrrole nitrogens is 1. The molecular formula is C29H36N4O3. The van der Waals surface area contributed by atoms with E-state index >= 15 is 0 Å². The summed E-state index contributed by atoms with van der Waals surface area (Å²) >= 11 is 0. The number of nitrogens with zero attached hydrogens (tertiary/aromatic N) is 2. The van der Waals surface area contributed by atoms with E-state index in [0.717, 1.165) is 39.7 Å². The third-order valence-corrected chi connectivity index (χ3v) is 5.77. The fourth-order valence-electron chi connectivity index (χ4n) is 4.42. The molecule has 7 heteroatoms. The van der Waals surface area contributed by atoms with Crippen molar-refractivity contribution in [2.75, 3.05) is 6.54 Å². The molecule has 2 heterocycles. The molecule has 0 saturated carbocycles. The Morgan fingerprint density at radius 1 is 1.08 bits per heavy atom. The molecule has 4 rings (SSSR count). The molecule has 0 aliphatic heterocycles. The molecule has 0 radical (unpaired) electrons. The second kappa shape index (κ2) is 10.2. The van der Waals surface area contributed by atoms with Crippen LogP contribution in [0.4, 0.5) is 4.79 Å². The molecule has 190 valence electrons. The van der Waals surface area contributed by atoms with Gasteiger partial charge >= 0.3 is 6.09 Å². The van der Waals surface area contributed by atoms with Gasteiger partial charge in [0.2, 0.25) is 11.7 Å². The summed E-state index contributed by atoms with van der Waals surface area (Å²) in [6, 6.07) is 12.7. The van der Waals surface area contributed by atoms with E-state index < -0.39 is 11.7 Å². The van der Waals surface area contributed by atoms with E-state index in [2.05, 4.69) is 78.5 Å². The van der Waals surface area contributed by atoms with Crippen molar-refractivity contribution in [1.82, 2.24) is 20.4 Å². The molecule has 2 aromatic carbocycles. The molecular weight excluding hydrogens is 452 g/mol. The van der Waals surface area contributed by atoms with Gasteiger partial charge in [0.1, 0.15) is 5.60 Å². The molecule has 0 aliphatic rings. The maximum absolute atomic E-state index is 12.2. The number of amides is 1. The monoisotopic (exact) mass is 488 g/mol. The molecule has 0 fully saturated rings. The second-order valence-corrected chi connectivity index (χ2v) is 10.9. The van der Waals surface area contributed by atoms with E-state index in [0.29, 0.717) is 30.6 Å². The van der Waals surface area contributed by atoms with Crippen LogP contribution in [0.2, 0.25) is 0 Å². The first-order chi connectivity index (χ1) is 17.0. The molecule has 36 heavy (non-hydrogen) atoms.